The molecule has 0 fully saturated rings. The molecule has 3 heteroatoms. The van der Waals surface area contributed by atoms with Crippen molar-refractivity contribution < 1.29 is 5.11 Å². The third-order valence-corrected chi connectivity index (χ3v) is 2.55. The summed E-state index contributed by atoms with van der Waals surface area (Å²) in [5, 5.41) is 13.3. The molecule has 1 aromatic carbocycles. The molecule has 1 rings (SSSR count). The topological polar surface area (TPSA) is 32.3 Å². The lowest BCUT2D eigenvalue weighted by Gasteiger charge is -2.18. The van der Waals surface area contributed by atoms with Gasteiger partial charge in [-0.3, -0.25) is 0 Å². The smallest absolute Gasteiger partial charge is 0.0636 e. The molecule has 0 spiro atoms. The van der Waals surface area contributed by atoms with Gasteiger partial charge >= 0.3 is 0 Å². The normalized spacial score (nSPS) is 14.9. The molecule has 84 valence electrons. The number of nitrogens with one attached hydrogen (secondary N) is 1. The van der Waals surface area contributed by atoms with Gasteiger partial charge < -0.3 is 10.4 Å². The van der Waals surface area contributed by atoms with Gasteiger partial charge in [0.2, 0.25) is 0 Å². The minimum atomic E-state index is -0.321. The van der Waals surface area contributed by atoms with Gasteiger partial charge in [-0.15, -0.1) is 0 Å². The summed E-state index contributed by atoms with van der Waals surface area (Å²) in [6, 6.07) is 8.09. The number of benzene rings is 1. The maximum Gasteiger partial charge on any atom is 0.0636 e. The van der Waals surface area contributed by atoms with Gasteiger partial charge in [0.05, 0.1) is 6.10 Å². The number of aliphatic hydroxyl groups excluding tert-OH is 1. The Hall–Kier alpha value is -0.570. The Bertz CT molecular complexity index is 301. The molecule has 0 aliphatic rings. The van der Waals surface area contributed by atoms with Crippen molar-refractivity contribution in [3.05, 3.63) is 34.9 Å². The minimum absolute atomic E-state index is 0.262. The van der Waals surface area contributed by atoms with Crippen LogP contribution in [0.4, 0.5) is 0 Å². The Balaban J connectivity index is 2.65. The zero-order valence-corrected chi connectivity index (χ0v) is 9.96. The van der Waals surface area contributed by atoms with Crippen LogP contribution in [0.5, 0.6) is 0 Å². The molecule has 15 heavy (non-hydrogen) atoms. The van der Waals surface area contributed by atoms with E-state index in [0.717, 1.165) is 11.4 Å². The standard InChI is InChI=1S/C12H18ClNO/c1-3-12(14-8-9(2)15)10-5-4-6-11(13)7-10/h4-7,9,12,14-15H,3,8H2,1-2H3/t9-,12+/m1/s1. The second-order valence-electron chi connectivity index (χ2n) is 3.77. The molecule has 0 unspecified atom stereocenters. The molecule has 0 saturated heterocycles. The highest BCUT2D eigenvalue weighted by Crippen LogP contribution is 2.20. The van der Waals surface area contributed by atoms with Crippen molar-refractivity contribution in [2.24, 2.45) is 0 Å². The van der Waals surface area contributed by atoms with E-state index in [2.05, 4.69) is 18.3 Å². The third-order valence-electron chi connectivity index (χ3n) is 2.32. The number of rotatable bonds is 5. The van der Waals surface area contributed by atoms with Crippen LogP contribution in [0.15, 0.2) is 24.3 Å². The summed E-state index contributed by atoms with van der Waals surface area (Å²) in [5.74, 6) is 0. The van der Waals surface area contributed by atoms with Crippen molar-refractivity contribution in [2.45, 2.75) is 32.4 Å². The maximum absolute atomic E-state index is 9.21. The van der Waals surface area contributed by atoms with Crippen molar-refractivity contribution in [3.8, 4) is 0 Å². The highest BCUT2D eigenvalue weighted by atomic mass is 35.5. The molecule has 0 saturated carbocycles. The Morgan fingerprint density at radius 3 is 2.73 bits per heavy atom. The molecule has 1 aromatic rings. The van der Waals surface area contributed by atoms with Gasteiger partial charge in [0, 0.05) is 17.6 Å². The number of hydrogen-bond donors (Lipinski definition) is 2. The van der Waals surface area contributed by atoms with Gasteiger partial charge in [0.15, 0.2) is 0 Å². The summed E-state index contributed by atoms with van der Waals surface area (Å²) in [6.07, 6.45) is 0.658. The lowest BCUT2D eigenvalue weighted by Crippen LogP contribution is -2.28. The fourth-order valence-electron chi connectivity index (χ4n) is 1.53. The van der Waals surface area contributed by atoms with Crippen LogP contribution in [0.2, 0.25) is 5.02 Å². The van der Waals surface area contributed by atoms with Crippen LogP contribution >= 0.6 is 11.6 Å². The van der Waals surface area contributed by atoms with Crippen LogP contribution in [0.3, 0.4) is 0 Å². The van der Waals surface area contributed by atoms with Gasteiger partial charge in [0.1, 0.15) is 0 Å². The van der Waals surface area contributed by atoms with Gasteiger partial charge in [-0.05, 0) is 31.0 Å². The molecule has 0 radical (unpaired) electrons. The van der Waals surface area contributed by atoms with Crippen molar-refractivity contribution >= 4 is 11.6 Å². The summed E-state index contributed by atoms with van der Waals surface area (Å²) in [7, 11) is 0. The van der Waals surface area contributed by atoms with Crippen molar-refractivity contribution in [1.82, 2.24) is 5.32 Å². The third kappa shape index (κ3) is 4.20. The first-order chi connectivity index (χ1) is 7.13. The zero-order valence-electron chi connectivity index (χ0n) is 9.20. The molecule has 0 aliphatic heterocycles. The van der Waals surface area contributed by atoms with Crippen molar-refractivity contribution in [3.63, 3.8) is 0 Å². The molecule has 0 aromatic heterocycles. The second-order valence-corrected chi connectivity index (χ2v) is 4.21. The number of hydrogen-bond acceptors (Lipinski definition) is 2. The molecular formula is C12H18ClNO. The Morgan fingerprint density at radius 2 is 2.20 bits per heavy atom. The predicted octanol–water partition coefficient (Wildman–Crippen LogP) is 2.76. The molecule has 0 heterocycles. The number of halogens is 1. The predicted molar refractivity (Wildman–Crippen MR) is 64.2 cm³/mol. The van der Waals surface area contributed by atoms with Crippen molar-refractivity contribution in [2.75, 3.05) is 6.54 Å². The van der Waals surface area contributed by atoms with Gasteiger partial charge in [0.25, 0.3) is 0 Å². The molecule has 2 nitrogen and oxygen atoms in total. The van der Waals surface area contributed by atoms with E-state index in [1.807, 2.05) is 18.2 Å². The summed E-state index contributed by atoms with van der Waals surface area (Å²) in [6.45, 7) is 4.49. The van der Waals surface area contributed by atoms with Gasteiger partial charge in [-0.25, -0.2) is 0 Å². The SMILES string of the molecule is CC[C@H](NC[C@@H](C)O)c1cccc(Cl)c1. The van der Waals surface area contributed by atoms with Crippen LogP contribution in [0.1, 0.15) is 31.9 Å². The Kier molecular flexibility index (Phi) is 5.09. The molecule has 0 aliphatic carbocycles. The first-order valence-electron chi connectivity index (χ1n) is 5.30. The van der Waals surface area contributed by atoms with Crippen LogP contribution in [-0.4, -0.2) is 17.8 Å². The average molecular weight is 228 g/mol. The largest absolute Gasteiger partial charge is 0.392 e. The summed E-state index contributed by atoms with van der Waals surface area (Å²) in [4.78, 5) is 0. The summed E-state index contributed by atoms with van der Waals surface area (Å²) >= 11 is 5.93. The average Bonchev–Trinajstić information content (AvgIpc) is 2.18. The van der Waals surface area contributed by atoms with Crippen LogP contribution in [-0.2, 0) is 0 Å². The first-order valence-corrected chi connectivity index (χ1v) is 5.68. The van der Waals surface area contributed by atoms with E-state index in [4.69, 9.17) is 11.6 Å². The molecule has 2 N–H and O–H groups in total. The quantitative estimate of drug-likeness (QED) is 0.811. The molecule has 0 bridgehead atoms. The lowest BCUT2D eigenvalue weighted by molar-refractivity contribution is 0.185. The fraction of sp³-hybridized carbons (Fsp3) is 0.500. The van der Waals surface area contributed by atoms with E-state index in [-0.39, 0.29) is 12.1 Å². The molecule has 0 amide bonds. The lowest BCUT2D eigenvalue weighted by atomic mass is 10.0. The highest BCUT2D eigenvalue weighted by Gasteiger charge is 2.09. The van der Waals surface area contributed by atoms with Crippen molar-refractivity contribution in [1.29, 1.82) is 0 Å². The summed E-state index contributed by atoms with van der Waals surface area (Å²) < 4.78 is 0. The summed E-state index contributed by atoms with van der Waals surface area (Å²) in [5.41, 5.74) is 1.17. The highest BCUT2D eigenvalue weighted by molar-refractivity contribution is 6.30. The maximum atomic E-state index is 9.21. The van der Waals surface area contributed by atoms with E-state index in [1.54, 1.807) is 6.92 Å². The first kappa shape index (κ1) is 12.5. The van der Waals surface area contributed by atoms with E-state index in [0.29, 0.717) is 6.54 Å². The van der Waals surface area contributed by atoms with Crippen LogP contribution in [0, 0.1) is 0 Å². The zero-order chi connectivity index (χ0) is 11.3. The molecule has 2 atom stereocenters. The van der Waals surface area contributed by atoms with E-state index >= 15 is 0 Å². The number of aliphatic hydroxyl groups is 1. The fourth-order valence-corrected chi connectivity index (χ4v) is 1.73. The van der Waals surface area contributed by atoms with Crippen LogP contribution in [0.25, 0.3) is 0 Å². The Morgan fingerprint density at radius 1 is 1.47 bits per heavy atom. The second kappa shape index (κ2) is 6.11. The minimum Gasteiger partial charge on any atom is -0.392 e. The van der Waals surface area contributed by atoms with Gasteiger partial charge in [-0.2, -0.15) is 0 Å². The van der Waals surface area contributed by atoms with E-state index in [1.165, 1.54) is 5.56 Å². The Labute approximate surface area is 96.3 Å². The van der Waals surface area contributed by atoms with E-state index in [9.17, 15) is 5.11 Å². The van der Waals surface area contributed by atoms with E-state index < -0.39 is 0 Å². The van der Waals surface area contributed by atoms with Crippen LogP contribution < -0.4 is 5.32 Å². The monoisotopic (exact) mass is 227 g/mol. The molecular weight excluding hydrogens is 210 g/mol. The van der Waals surface area contributed by atoms with Gasteiger partial charge in [-0.1, -0.05) is 30.7 Å².